The molecule has 2 heterocycles. The van der Waals surface area contributed by atoms with Crippen molar-refractivity contribution in [3.05, 3.63) is 59.7 Å². The van der Waals surface area contributed by atoms with Crippen molar-refractivity contribution in [3.8, 4) is 0 Å². The molecule has 2 aliphatic heterocycles. The van der Waals surface area contributed by atoms with Crippen LogP contribution >= 0.6 is 0 Å². The Hall–Kier alpha value is -2.41. The molecular formula is C27H35N3O3. The number of aliphatic hydroxyl groups is 1. The van der Waals surface area contributed by atoms with Crippen LogP contribution in [0.25, 0.3) is 0 Å². The van der Waals surface area contributed by atoms with Crippen molar-refractivity contribution in [1.29, 1.82) is 0 Å². The van der Waals surface area contributed by atoms with E-state index in [2.05, 4.69) is 34.2 Å². The number of hydrogen-bond donors (Lipinski definition) is 2. The molecule has 33 heavy (non-hydrogen) atoms. The number of aliphatic hydroxyl groups excluding tert-OH is 1. The number of amides is 1. The van der Waals surface area contributed by atoms with Crippen LogP contribution in [0.5, 0.6) is 0 Å². The van der Waals surface area contributed by atoms with Gasteiger partial charge in [-0.25, -0.2) is 0 Å². The normalized spacial score (nSPS) is 23.9. The Kier molecular flexibility index (Phi) is 6.67. The van der Waals surface area contributed by atoms with E-state index in [9.17, 15) is 9.90 Å². The average molecular weight is 450 g/mol. The summed E-state index contributed by atoms with van der Waals surface area (Å²) < 4.78 is 5.84. The van der Waals surface area contributed by atoms with Gasteiger partial charge in [0.25, 0.3) is 5.91 Å². The highest BCUT2D eigenvalue weighted by Crippen LogP contribution is 2.36. The van der Waals surface area contributed by atoms with Crippen LogP contribution in [-0.4, -0.2) is 60.3 Å². The fourth-order valence-corrected chi connectivity index (χ4v) is 5.23. The van der Waals surface area contributed by atoms with Gasteiger partial charge in [0.1, 0.15) is 0 Å². The van der Waals surface area contributed by atoms with E-state index >= 15 is 0 Å². The number of benzene rings is 2. The summed E-state index contributed by atoms with van der Waals surface area (Å²) >= 11 is 0. The second-order valence-corrected chi connectivity index (χ2v) is 9.86. The standard InChI is InChI=1S/C27H35N3O3/c1-19(17-31)29-15-22-13-14-30(26(22)16-29)24-11-9-23(10-12-24)28-27(32)21-7-5-20(6-8-21)18-33-25-3-2-4-25/h5-12,19,22,25-26,31H,2-4,13-18H2,1H3,(H,28,32)/t19?,22-,26+/m1/s1. The van der Waals surface area contributed by atoms with Gasteiger partial charge in [0.05, 0.1) is 19.3 Å². The summed E-state index contributed by atoms with van der Waals surface area (Å²) in [6.07, 6.45) is 5.21. The van der Waals surface area contributed by atoms with Crippen LogP contribution in [0.4, 0.5) is 11.4 Å². The summed E-state index contributed by atoms with van der Waals surface area (Å²) in [7, 11) is 0. The molecule has 3 atom stereocenters. The number of nitrogens with zero attached hydrogens (tertiary/aromatic N) is 2. The van der Waals surface area contributed by atoms with E-state index < -0.39 is 0 Å². The molecule has 1 amide bonds. The molecule has 2 aromatic carbocycles. The van der Waals surface area contributed by atoms with Gasteiger partial charge < -0.3 is 20.1 Å². The first-order chi connectivity index (χ1) is 16.1. The fraction of sp³-hybridized carbons (Fsp3) is 0.519. The highest BCUT2D eigenvalue weighted by atomic mass is 16.5. The van der Waals surface area contributed by atoms with Gasteiger partial charge in [-0.3, -0.25) is 9.69 Å². The van der Waals surface area contributed by atoms with E-state index in [1.54, 1.807) is 0 Å². The third kappa shape index (κ3) is 4.93. The SMILES string of the molecule is CC(CO)N1C[C@H]2CCN(c3ccc(NC(=O)c4ccc(COC5CCC5)cc4)cc3)[C@H]2C1. The predicted molar refractivity (Wildman–Crippen MR) is 131 cm³/mol. The number of nitrogens with one attached hydrogen (secondary N) is 1. The van der Waals surface area contributed by atoms with Crippen LogP contribution in [0.1, 0.15) is 48.5 Å². The molecule has 0 aromatic heterocycles. The van der Waals surface area contributed by atoms with E-state index in [4.69, 9.17) is 4.74 Å². The summed E-state index contributed by atoms with van der Waals surface area (Å²) in [6, 6.07) is 16.6. The summed E-state index contributed by atoms with van der Waals surface area (Å²) in [5, 5.41) is 12.5. The fourth-order valence-electron chi connectivity index (χ4n) is 5.23. The molecule has 2 saturated heterocycles. The first-order valence-electron chi connectivity index (χ1n) is 12.3. The molecule has 0 spiro atoms. The number of hydrogen-bond acceptors (Lipinski definition) is 5. The lowest BCUT2D eigenvalue weighted by atomic mass is 9.96. The first-order valence-corrected chi connectivity index (χ1v) is 12.3. The second-order valence-electron chi connectivity index (χ2n) is 9.86. The maximum Gasteiger partial charge on any atom is 0.255 e. The van der Waals surface area contributed by atoms with Crippen LogP contribution in [0.2, 0.25) is 0 Å². The number of carbonyl (C=O) groups excluding carboxylic acids is 1. The summed E-state index contributed by atoms with van der Waals surface area (Å²) in [4.78, 5) is 17.6. The van der Waals surface area contributed by atoms with Gasteiger partial charge in [-0.05, 0) is 80.5 Å². The molecule has 3 aliphatic rings. The zero-order valence-electron chi connectivity index (χ0n) is 19.5. The highest BCUT2D eigenvalue weighted by Gasteiger charge is 2.42. The monoisotopic (exact) mass is 449 g/mol. The molecule has 5 rings (SSSR count). The van der Waals surface area contributed by atoms with Crippen LogP contribution in [0.15, 0.2) is 48.5 Å². The molecule has 1 saturated carbocycles. The molecule has 1 unspecified atom stereocenters. The van der Waals surface area contributed by atoms with Crippen molar-refractivity contribution in [2.75, 3.05) is 36.5 Å². The Morgan fingerprint density at radius 2 is 1.85 bits per heavy atom. The van der Waals surface area contributed by atoms with Gasteiger partial charge in [0.15, 0.2) is 0 Å². The minimum absolute atomic E-state index is 0.0973. The van der Waals surface area contributed by atoms with E-state index in [0.29, 0.717) is 30.2 Å². The molecule has 176 valence electrons. The van der Waals surface area contributed by atoms with Crippen molar-refractivity contribution in [2.45, 2.75) is 57.4 Å². The highest BCUT2D eigenvalue weighted by molar-refractivity contribution is 6.04. The third-order valence-corrected chi connectivity index (χ3v) is 7.67. The molecule has 1 aliphatic carbocycles. The quantitative estimate of drug-likeness (QED) is 0.640. The first kappa shape index (κ1) is 22.4. The smallest absolute Gasteiger partial charge is 0.255 e. The third-order valence-electron chi connectivity index (χ3n) is 7.67. The minimum Gasteiger partial charge on any atom is -0.395 e. The second kappa shape index (κ2) is 9.84. The molecule has 0 bridgehead atoms. The zero-order valence-corrected chi connectivity index (χ0v) is 19.5. The predicted octanol–water partition coefficient (Wildman–Crippen LogP) is 3.90. The van der Waals surface area contributed by atoms with Crippen LogP contribution in [0, 0.1) is 5.92 Å². The van der Waals surface area contributed by atoms with Gasteiger partial charge in [-0.15, -0.1) is 0 Å². The molecule has 6 heteroatoms. The minimum atomic E-state index is -0.0973. The topological polar surface area (TPSA) is 65.0 Å². The Labute approximate surface area is 196 Å². The summed E-state index contributed by atoms with van der Waals surface area (Å²) in [5.74, 6) is 0.570. The summed E-state index contributed by atoms with van der Waals surface area (Å²) in [5.41, 5.74) is 3.76. The zero-order chi connectivity index (χ0) is 22.8. The van der Waals surface area contributed by atoms with Gasteiger partial charge >= 0.3 is 0 Å². The van der Waals surface area contributed by atoms with E-state index in [-0.39, 0.29) is 18.6 Å². The molecular weight excluding hydrogens is 414 g/mol. The Morgan fingerprint density at radius 1 is 1.09 bits per heavy atom. The largest absolute Gasteiger partial charge is 0.395 e. The number of rotatable bonds is 8. The molecule has 3 fully saturated rings. The Bertz CT molecular complexity index is 942. The maximum atomic E-state index is 12.7. The van der Waals surface area contributed by atoms with Gasteiger partial charge in [0, 0.05) is 48.7 Å². The van der Waals surface area contributed by atoms with E-state index in [1.807, 2.05) is 36.4 Å². The molecule has 2 aromatic rings. The maximum absolute atomic E-state index is 12.7. The van der Waals surface area contributed by atoms with E-state index in [1.165, 1.54) is 31.4 Å². The number of carbonyl (C=O) groups is 1. The van der Waals surface area contributed by atoms with Crippen molar-refractivity contribution in [3.63, 3.8) is 0 Å². The van der Waals surface area contributed by atoms with Crippen molar-refractivity contribution in [2.24, 2.45) is 5.92 Å². The van der Waals surface area contributed by atoms with Gasteiger partial charge in [-0.1, -0.05) is 12.1 Å². The number of anilines is 2. The average Bonchev–Trinajstić information content (AvgIpc) is 3.40. The molecule has 0 radical (unpaired) electrons. The van der Waals surface area contributed by atoms with E-state index in [0.717, 1.165) is 30.9 Å². The lowest BCUT2D eigenvalue weighted by molar-refractivity contribution is -0.00866. The van der Waals surface area contributed by atoms with Gasteiger partial charge in [0.2, 0.25) is 0 Å². The van der Waals surface area contributed by atoms with Crippen LogP contribution in [0.3, 0.4) is 0 Å². The van der Waals surface area contributed by atoms with Gasteiger partial charge in [-0.2, -0.15) is 0 Å². The molecule has 2 N–H and O–H groups in total. The van der Waals surface area contributed by atoms with Crippen molar-refractivity contribution >= 4 is 17.3 Å². The number of fused-ring (bicyclic) bond motifs is 1. The Morgan fingerprint density at radius 3 is 2.52 bits per heavy atom. The Balaban J connectivity index is 1.16. The lowest BCUT2D eigenvalue weighted by Crippen LogP contribution is -2.39. The van der Waals surface area contributed by atoms with Crippen molar-refractivity contribution < 1.29 is 14.6 Å². The number of likely N-dealkylation sites (tertiary alicyclic amines) is 1. The molecule has 6 nitrogen and oxygen atoms in total. The lowest BCUT2D eigenvalue weighted by Gasteiger charge is -2.28. The number of ether oxygens (including phenoxy) is 1. The summed E-state index contributed by atoms with van der Waals surface area (Å²) in [6.45, 7) is 6.07. The van der Waals surface area contributed by atoms with Crippen LogP contribution in [-0.2, 0) is 11.3 Å². The van der Waals surface area contributed by atoms with Crippen LogP contribution < -0.4 is 10.2 Å². The van der Waals surface area contributed by atoms with Crippen molar-refractivity contribution in [1.82, 2.24) is 4.90 Å².